The minimum absolute atomic E-state index is 0.232. The van der Waals surface area contributed by atoms with Crippen LogP contribution in [0, 0.1) is 0 Å². The van der Waals surface area contributed by atoms with E-state index in [0.717, 1.165) is 10.9 Å². The van der Waals surface area contributed by atoms with Crippen molar-refractivity contribution in [1.82, 2.24) is 4.90 Å². The molecule has 0 saturated heterocycles. The number of amides is 1. The van der Waals surface area contributed by atoms with E-state index >= 15 is 0 Å². The molecule has 0 fully saturated rings. The smallest absolute Gasteiger partial charge is 0.415 e. The van der Waals surface area contributed by atoms with Crippen LogP contribution in [-0.4, -0.2) is 29.1 Å². The van der Waals surface area contributed by atoms with E-state index in [1.165, 1.54) is 4.90 Å². The van der Waals surface area contributed by atoms with Crippen LogP contribution in [-0.2, 0) is 6.54 Å². The Kier molecular flexibility index (Phi) is 5.09. The van der Waals surface area contributed by atoms with Gasteiger partial charge in [0.2, 0.25) is 0 Å². The molecule has 3 rings (SSSR count). The summed E-state index contributed by atoms with van der Waals surface area (Å²) in [7, 11) is 1.62. The third-order valence-corrected chi connectivity index (χ3v) is 4.23. The summed E-state index contributed by atoms with van der Waals surface area (Å²) >= 11 is 5.82. The number of benzene rings is 3. The molecule has 3 aromatic rings. The molecule has 0 bridgehead atoms. The lowest BCUT2D eigenvalue weighted by atomic mass is 9.99. The van der Waals surface area contributed by atoms with Crippen molar-refractivity contribution < 1.29 is 19.4 Å². The third kappa shape index (κ3) is 3.78. The topological polar surface area (TPSA) is 66.8 Å². The molecule has 5 nitrogen and oxygen atoms in total. The first-order valence-electron chi connectivity index (χ1n) is 7.88. The van der Waals surface area contributed by atoms with Gasteiger partial charge in [0, 0.05) is 18.6 Å². The van der Waals surface area contributed by atoms with Gasteiger partial charge in [0.25, 0.3) is 0 Å². The van der Waals surface area contributed by atoms with Gasteiger partial charge in [0.1, 0.15) is 5.75 Å². The largest absolute Gasteiger partial charge is 0.478 e. The summed E-state index contributed by atoms with van der Waals surface area (Å²) in [5.74, 6) is -0.583. The molecule has 0 aliphatic carbocycles. The summed E-state index contributed by atoms with van der Waals surface area (Å²) in [6.07, 6.45) is -0.515. The first kappa shape index (κ1) is 17.8. The quantitative estimate of drug-likeness (QED) is 0.715. The van der Waals surface area contributed by atoms with Crippen LogP contribution >= 0.6 is 11.6 Å². The van der Waals surface area contributed by atoms with Crippen molar-refractivity contribution in [3.63, 3.8) is 0 Å². The average molecular weight is 370 g/mol. The molecular formula is C20H16ClNO4. The van der Waals surface area contributed by atoms with Gasteiger partial charge in [-0.05, 0) is 46.7 Å². The SMILES string of the molecule is CN(Cc1ccc(C(=O)O)c2ccccc12)C(=O)Oc1ccc(Cl)cc1. The summed E-state index contributed by atoms with van der Waals surface area (Å²) in [6.45, 7) is 0.285. The molecule has 0 saturated carbocycles. The number of aromatic carboxylic acids is 1. The Morgan fingerprint density at radius 1 is 1.00 bits per heavy atom. The van der Waals surface area contributed by atoms with Gasteiger partial charge in [-0.15, -0.1) is 0 Å². The lowest BCUT2D eigenvalue weighted by molar-refractivity contribution is 0.0699. The molecule has 0 atom stereocenters. The predicted octanol–water partition coefficient (Wildman–Crippen LogP) is 4.82. The van der Waals surface area contributed by atoms with Crippen LogP contribution in [0.1, 0.15) is 15.9 Å². The van der Waals surface area contributed by atoms with Gasteiger partial charge in [-0.1, -0.05) is 41.9 Å². The number of carbonyl (C=O) groups excluding carboxylic acids is 1. The van der Waals surface area contributed by atoms with Crippen LogP contribution < -0.4 is 4.74 Å². The number of carboxylic acid groups (broad SMARTS) is 1. The molecule has 0 aliphatic rings. The summed E-state index contributed by atoms with van der Waals surface area (Å²) in [4.78, 5) is 25.1. The van der Waals surface area contributed by atoms with E-state index in [-0.39, 0.29) is 12.1 Å². The van der Waals surface area contributed by atoms with Gasteiger partial charge >= 0.3 is 12.1 Å². The summed E-state index contributed by atoms with van der Waals surface area (Å²) < 4.78 is 5.31. The second kappa shape index (κ2) is 7.45. The second-order valence-electron chi connectivity index (χ2n) is 5.80. The minimum atomic E-state index is -0.983. The van der Waals surface area contributed by atoms with Gasteiger partial charge in [0.15, 0.2) is 0 Å². The Bertz CT molecular complexity index is 969. The van der Waals surface area contributed by atoms with Crippen molar-refractivity contribution in [3.8, 4) is 5.75 Å². The normalized spacial score (nSPS) is 10.5. The number of rotatable bonds is 4. The van der Waals surface area contributed by atoms with E-state index in [0.29, 0.717) is 16.2 Å². The van der Waals surface area contributed by atoms with Gasteiger partial charge in [-0.25, -0.2) is 9.59 Å². The first-order valence-corrected chi connectivity index (χ1v) is 8.26. The highest BCUT2D eigenvalue weighted by Gasteiger charge is 2.16. The molecule has 0 aliphatic heterocycles. The maximum Gasteiger partial charge on any atom is 0.415 e. The zero-order valence-corrected chi connectivity index (χ0v) is 14.7. The number of carbonyl (C=O) groups is 2. The van der Waals surface area contributed by atoms with Crippen LogP contribution in [0.15, 0.2) is 60.7 Å². The lowest BCUT2D eigenvalue weighted by Crippen LogP contribution is -2.29. The van der Waals surface area contributed by atoms with Crippen LogP contribution in [0.3, 0.4) is 0 Å². The number of hydrogen-bond donors (Lipinski definition) is 1. The molecule has 3 aromatic carbocycles. The maximum atomic E-state index is 12.3. The van der Waals surface area contributed by atoms with Crippen molar-refractivity contribution in [2.45, 2.75) is 6.54 Å². The van der Waals surface area contributed by atoms with Crippen molar-refractivity contribution in [1.29, 1.82) is 0 Å². The fourth-order valence-corrected chi connectivity index (χ4v) is 2.81. The fourth-order valence-electron chi connectivity index (χ4n) is 2.69. The van der Waals surface area contributed by atoms with Crippen molar-refractivity contribution in [2.75, 3.05) is 7.05 Å². The van der Waals surface area contributed by atoms with Crippen molar-refractivity contribution in [2.24, 2.45) is 0 Å². The standard InChI is InChI=1S/C20H16ClNO4/c1-22(20(25)26-15-9-7-14(21)8-10-15)12-13-6-11-18(19(23)24)17-5-3-2-4-16(13)17/h2-11H,12H2,1H3,(H,23,24). The summed E-state index contributed by atoms with van der Waals surface area (Å²) in [5, 5.41) is 11.3. The van der Waals surface area contributed by atoms with E-state index in [2.05, 4.69) is 0 Å². The first-order chi connectivity index (χ1) is 12.5. The Morgan fingerprint density at radius 3 is 2.31 bits per heavy atom. The Morgan fingerprint density at radius 2 is 1.65 bits per heavy atom. The number of halogens is 1. The Balaban J connectivity index is 1.82. The van der Waals surface area contributed by atoms with Gasteiger partial charge < -0.3 is 14.7 Å². The van der Waals surface area contributed by atoms with Crippen LogP contribution in [0.5, 0.6) is 5.75 Å². The molecular weight excluding hydrogens is 354 g/mol. The monoisotopic (exact) mass is 369 g/mol. The van der Waals surface area contributed by atoms with E-state index < -0.39 is 12.1 Å². The second-order valence-corrected chi connectivity index (χ2v) is 6.24. The predicted molar refractivity (Wildman–Crippen MR) is 99.9 cm³/mol. The summed E-state index contributed by atoms with van der Waals surface area (Å²) in [6, 6.07) is 17.0. The third-order valence-electron chi connectivity index (χ3n) is 3.98. The highest BCUT2D eigenvalue weighted by molar-refractivity contribution is 6.30. The zero-order valence-electron chi connectivity index (χ0n) is 14.0. The molecule has 0 heterocycles. The zero-order chi connectivity index (χ0) is 18.7. The van der Waals surface area contributed by atoms with Gasteiger partial charge in [-0.3, -0.25) is 0 Å². The highest BCUT2D eigenvalue weighted by Crippen LogP contribution is 2.24. The molecule has 0 unspecified atom stereocenters. The van der Waals surface area contributed by atoms with E-state index in [4.69, 9.17) is 16.3 Å². The molecule has 1 N–H and O–H groups in total. The highest BCUT2D eigenvalue weighted by atomic mass is 35.5. The molecule has 6 heteroatoms. The molecule has 1 amide bonds. The van der Waals surface area contributed by atoms with Crippen LogP contribution in [0.25, 0.3) is 10.8 Å². The fraction of sp³-hybridized carbons (Fsp3) is 0.100. The average Bonchev–Trinajstić information content (AvgIpc) is 2.63. The summed E-state index contributed by atoms with van der Waals surface area (Å²) in [5.41, 5.74) is 1.07. The van der Waals surface area contributed by atoms with Crippen molar-refractivity contribution >= 4 is 34.4 Å². The van der Waals surface area contributed by atoms with Crippen molar-refractivity contribution in [3.05, 3.63) is 76.8 Å². The van der Waals surface area contributed by atoms with E-state index in [9.17, 15) is 14.7 Å². The molecule has 0 spiro atoms. The number of carboxylic acids is 1. The Labute approximate surface area is 155 Å². The Hall–Kier alpha value is -3.05. The number of hydrogen-bond acceptors (Lipinski definition) is 3. The lowest BCUT2D eigenvalue weighted by Gasteiger charge is -2.18. The number of nitrogens with zero attached hydrogens (tertiary/aromatic N) is 1. The molecule has 0 radical (unpaired) electrons. The van der Waals surface area contributed by atoms with Gasteiger partial charge in [-0.2, -0.15) is 0 Å². The van der Waals surface area contributed by atoms with E-state index in [1.807, 2.05) is 12.1 Å². The van der Waals surface area contributed by atoms with Crippen LogP contribution in [0.2, 0.25) is 5.02 Å². The van der Waals surface area contributed by atoms with Gasteiger partial charge in [0.05, 0.1) is 5.56 Å². The van der Waals surface area contributed by atoms with E-state index in [1.54, 1.807) is 55.6 Å². The molecule has 26 heavy (non-hydrogen) atoms. The molecule has 0 aromatic heterocycles. The minimum Gasteiger partial charge on any atom is -0.478 e. The molecule has 132 valence electrons. The maximum absolute atomic E-state index is 12.3. The number of fused-ring (bicyclic) bond motifs is 1. The van der Waals surface area contributed by atoms with Crippen LogP contribution in [0.4, 0.5) is 4.79 Å². The number of ether oxygens (including phenoxy) is 1.